The molecule has 0 bridgehead atoms. The van der Waals surface area contributed by atoms with Crippen molar-refractivity contribution in [3.63, 3.8) is 0 Å². The first-order chi connectivity index (χ1) is 8.11. The molecule has 1 aliphatic rings. The Morgan fingerprint density at radius 1 is 1.18 bits per heavy atom. The fraction of sp³-hybridized carbons (Fsp3) is 0.600. The first-order valence-electron chi connectivity index (χ1n) is 6.67. The summed E-state index contributed by atoms with van der Waals surface area (Å²) >= 11 is 0. The summed E-state index contributed by atoms with van der Waals surface area (Å²) in [5.41, 5.74) is 10.1. The smallest absolute Gasteiger partial charge is 0.0243 e. The normalized spacial score (nSPS) is 17.5. The number of hydrogen-bond acceptors (Lipinski definition) is 2. The van der Waals surface area contributed by atoms with Gasteiger partial charge in [-0.05, 0) is 49.4 Å². The zero-order valence-electron chi connectivity index (χ0n) is 11.2. The van der Waals surface area contributed by atoms with Crippen LogP contribution < -0.4 is 5.73 Å². The molecule has 0 amide bonds. The van der Waals surface area contributed by atoms with E-state index in [1.807, 2.05) is 0 Å². The standard InChI is InChI=1S/C15H24N2/c1-11(2)17-9-14-5-4-13(8-15(14)10-17)12(3)6-7-16/h4-5,8,11-12H,6-7,9-10,16H2,1-3H3. The maximum Gasteiger partial charge on any atom is 0.0243 e. The third kappa shape index (κ3) is 2.70. The van der Waals surface area contributed by atoms with Gasteiger partial charge in [0, 0.05) is 19.1 Å². The molecule has 0 spiro atoms. The zero-order valence-corrected chi connectivity index (χ0v) is 11.2. The van der Waals surface area contributed by atoms with Crippen molar-refractivity contribution in [3.8, 4) is 0 Å². The van der Waals surface area contributed by atoms with Crippen LogP contribution in [-0.2, 0) is 13.1 Å². The first-order valence-corrected chi connectivity index (χ1v) is 6.67. The molecule has 1 aromatic carbocycles. The molecule has 2 rings (SSSR count). The molecule has 1 unspecified atom stereocenters. The van der Waals surface area contributed by atoms with Gasteiger partial charge in [-0.1, -0.05) is 25.1 Å². The Labute approximate surface area is 105 Å². The highest BCUT2D eigenvalue weighted by Gasteiger charge is 2.21. The zero-order chi connectivity index (χ0) is 12.4. The van der Waals surface area contributed by atoms with Gasteiger partial charge in [0.25, 0.3) is 0 Å². The summed E-state index contributed by atoms with van der Waals surface area (Å²) in [7, 11) is 0. The van der Waals surface area contributed by atoms with Gasteiger partial charge in [-0.3, -0.25) is 4.90 Å². The van der Waals surface area contributed by atoms with Crippen molar-refractivity contribution in [2.75, 3.05) is 6.54 Å². The molecular formula is C15H24N2. The molecular weight excluding hydrogens is 208 g/mol. The van der Waals surface area contributed by atoms with Crippen molar-refractivity contribution in [3.05, 3.63) is 34.9 Å². The molecule has 17 heavy (non-hydrogen) atoms. The van der Waals surface area contributed by atoms with E-state index in [1.54, 1.807) is 0 Å². The van der Waals surface area contributed by atoms with Gasteiger partial charge in [0.15, 0.2) is 0 Å². The molecule has 0 saturated carbocycles. The summed E-state index contributed by atoms with van der Waals surface area (Å²) in [5.74, 6) is 0.582. The van der Waals surface area contributed by atoms with E-state index in [2.05, 4.69) is 43.9 Å². The van der Waals surface area contributed by atoms with Crippen molar-refractivity contribution in [1.29, 1.82) is 0 Å². The van der Waals surface area contributed by atoms with Crippen LogP contribution in [0.4, 0.5) is 0 Å². The average molecular weight is 232 g/mol. The molecule has 0 aromatic heterocycles. The molecule has 1 heterocycles. The Morgan fingerprint density at radius 2 is 1.88 bits per heavy atom. The van der Waals surface area contributed by atoms with E-state index in [0.29, 0.717) is 12.0 Å². The lowest BCUT2D eigenvalue weighted by atomic mass is 9.95. The highest BCUT2D eigenvalue weighted by atomic mass is 15.2. The van der Waals surface area contributed by atoms with Crippen LogP contribution in [0.5, 0.6) is 0 Å². The molecule has 2 nitrogen and oxygen atoms in total. The lowest BCUT2D eigenvalue weighted by Gasteiger charge is -2.18. The van der Waals surface area contributed by atoms with E-state index in [0.717, 1.165) is 26.1 Å². The summed E-state index contributed by atoms with van der Waals surface area (Å²) in [5, 5.41) is 0. The Hall–Kier alpha value is -0.860. The summed E-state index contributed by atoms with van der Waals surface area (Å²) < 4.78 is 0. The van der Waals surface area contributed by atoms with E-state index in [9.17, 15) is 0 Å². The predicted molar refractivity (Wildman–Crippen MR) is 72.9 cm³/mol. The molecule has 2 heteroatoms. The number of rotatable bonds is 4. The van der Waals surface area contributed by atoms with Gasteiger partial charge in [0.1, 0.15) is 0 Å². The van der Waals surface area contributed by atoms with Gasteiger partial charge in [-0.25, -0.2) is 0 Å². The summed E-state index contributed by atoms with van der Waals surface area (Å²) in [4.78, 5) is 2.52. The SMILES string of the molecule is CC(CCN)c1ccc2c(c1)CN(C(C)C)C2. The van der Waals surface area contributed by atoms with Gasteiger partial charge >= 0.3 is 0 Å². The molecule has 0 aliphatic carbocycles. The Morgan fingerprint density at radius 3 is 2.53 bits per heavy atom. The number of benzene rings is 1. The van der Waals surface area contributed by atoms with Crippen molar-refractivity contribution >= 4 is 0 Å². The van der Waals surface area contributed by atoms with E-state index in [-0.39, 0.29) is 0 Å². The van der Waals surface area contributed by atoms with Crippen molar-refractivity contribution in [1.82, 2.24) is 4.90 Å². The van der Waals surface area contributed by atoms with Crippen LogP contribution in [-0.4, -0.2) is 17.5 Å². The molecule has 0 saturated heterocycles. The minimum Gasteiger partial charge on any atom is -0.330 e. The van der Waals surface area contributed by atoms with Crippen molar-refractivity contribution < 1.29 is 0 Å². The van der Waals surface area contributed by atoms with Gasteiger partial charge in [0.2, 0.25) is 0 Å². The second-order valence-electron chi connectivity index (χ2n) is 5.51. The number of nitrogens with two attached hydrogens (primary N) is 1. The average Bonchev–Trinajstić information content (AvgIpc) is 2.71. The van der Waals surface area contributed by atoms with Crippen molar-refractivity contribution in [2.24, 2.45) is 5.73 Å². The first kappa shape index (κ1) is 12.6. The maximum atomic E-state index is 5.63. The minimum atomic E-state index is 0.582. The summed E-state index contributed by atoms with van der Waals surface area (Å²) in [6, 6.07) is 7.61. The minimum absolute atomic E-state index is 0.582. The fourth-order valence-electron chi connectivity index (χ4n) is 2.53. The Kier molecular flexibility index (Phi) is 3.85. The molecule has 94 valence electrons. The third-order valence-corrected chi connectivity index (χ3v) is 3.88. The second kappa shape index (κ2) is 5.19. The van der Waals surface area contributed by atoms with E-state index in [4.69, 9.17) is 5.73 Å². The van der Waals surface area contributed by atoms with Gasteiger partial charge in [-0.15, -0.1) is 0 Å². The highest BCUT2D eigenvalue weighted by molar-refractivity contribution is 5.36. The quantitative estimate of drug-likeness (QED) is 0.865. The highest BCUT2D eigenvalue weighted by Crippen LogP contribution is 2.28. The van der Waals surface area contributed by atoms with E-state index in [1.165, 1.54) is 16.7 Å². The van der Waals surface area contributed by atoms with Crippen LogP contribution in [0.2, 0.25) is 0 Å². The lowest BCUT2D eigenvalue weighted by Crippen LogP contribution is -2.24. The van der Waals surface area contributed by atoms with Crippen LogP contribution in [0, 0.1) is 0 Å². The van der Waals surface area contributed by atoms with Crippen LogP contribution in [0.25, 0.3) is 0 Å². The van der Waals surface area contributed by atoms with Gasteiger partial charge in [-0.2, -0.15) is 0 Å². The number of nitrogens with zero attached hydrogens (tertiary/aromatic N) is 1. The molecule has 1 aliphatic heterocycles. The third-order valence-electron chi connectivity index (χ3n) is 3.88. The number of hydrogen-bond donors (Lipinski definition) is 1. The summed E-state index contributed by atoms with van der Waals surface area (Å²) in [6.45, 7) is 9.79. The van der Waals surface area contributed by atoms with Gasteiger partial charge < -0.3 is 5.73 Å². The number of fused-ring (bicyclic) bond motifs is 1. The lowest BCUT2D eigenvalue weighted by molar-refractivity contribution is 0.227. The summed E-state index contributed by atoms with van der Waals surface area (Å²) in [6.07, 6.45) is 1.08. The molecule has 0 radical (unpaired) electrons. The second-order valence-corrected chi connectivity index (χ2v) is 5.51. The van der Waals surface area contributed by atoms with Crippen LogP contribution in [0.15, 0.2) is 18.2 Å². The Bertz CT molecular complexity index is 385. The Balaban J connectivity index is 2.15. The fourth-order valence-corrected chi connectivity index (χ4v) is 2.53. The van der Waals surface area contributed by atoms with Crippen LogP contribution >= 0.6 is 0 Å². The van der Waals surface area contributed by atoms with Gasteiger partial charge in [0.05, 0.1) is 0 Å². The largest absolute Gasteiger partial charge is 0.330 e. The molecule has 2 N–H and O–H groups in total. The topological polar surface area (TPSA) is 29.3 Å². The van der Waals surface area contributed by atoms with E-state index >= 15 is 0 Å². The molecule has 1 aromatic rings. The van der Waals surface area contributed by atoms with Crippen molar-refractivity contribution in [2.45, 2.75) is 52.2 Å². The van der Waals surface area contributed by atoms with E-state index < -0.39 is 0 Å². The van der Waals surface area contributed by atoms with Crippen LogP contribution in [0.3, 0.4) is 0 Å². The van der Waals surface area contributed by atoms with Crippen LogP contribution in [0.1, 0.15) is 49.8 Å². The predicted octanol–water partition coefficient (Wildman–Crippen LogP) is 2.86. The molecule has 0 fully saturated rings. The monoisotopic (exact) mass is 232 g/mol. The maximum absolute atomic E-state index is 5.63. The molecule has 1 atom stereocenters.